The maximum absolute atomic E-state index is 13.2. The molecule has 0 spiro atoms. The Bertz CT molecular complexity index is 1480. The van der Waals surface area contributed by atoms with Crippen LogP contribution in [-0.2, 0) is 21.4 Å². The smallest absolute Gasteiger partial charge is 0.266 e. The maximum Gasteiger partial charge on any atom is 0.266 e. The number of H-pyrrole nitrogens is 1. The largest absolute Gasteiger partial charge is 0.495 e. The van der Waals surface area contributed by atoms with Gasteiger partial charge in [0, 0.05) is 30.9 Å². The van der Waals surface area contributed by atoms with E-state index in [0.717, 1.165) is 24.1 Å². The molecule has 1 aliphatic rings. The molecule has 0 atom stereocenters. The average Bonchev–Trinajstić information content (AvgIpc) is 3.49. The summed E-state index contributed by atoms with van der Waals surface area (Å²) in [6, 6.07) is 10.0. The molecule has 0 aliphatic heterocycles. The first-order valence-corrected chi connectivity index (χ1v) is 12.4. The van der Waals surface area contributed by atoms with Gasteiger partial charge in [-0.25, -0.2) is 8.42 Å². The highest BCUT2D eigenvalue weighted by Crippen LogP contribution is 2.41. The van der Waals surface area contributed by atoms with Crippen LogP contribution >= 0.6 is 0 Å². The third-order valence-corrected chi connectivity index (χ3v) is 7.11. The number of nitrogens with one attached hydrogen (secondary N) is 3. The number of ether oxygens (including phenoxy) is 3. The van der Waals surface area contributed by atoms with Crippen LogP contribution in [0, 0.1) is 0 Å². The first kappa shape index (κ1) is 23.0. The van der Waals surface area contributed by atoms with E-state index in [0.29, 0.717) is 40.7 Å². The Morgan fingerprint density at radius 2 is 1.89 bits per heavy atom. The summed E-state index contributed by atoms with van der Waals surface area (Å²) in [4.78, 5) is -0.0359. The minimum atomic E-state index is -4.04. The maximum atomic E-state index is 13.2. The van der Waals surface area contributed by atoms with Gasteiger partial charge in [0.1, 0.15) is 16.4 Å². The van der Waals surface area contributed by atoms with E-state index in [1.807, 2.05) is 6.07 Å². The summed E-state index contributed by atoms with van der Waals surface area (Å²) in [5.74, 6) is 1.88. The minimum Gasteiger partial charge on any atom is -0.495 e. The van der Waals surface area contributed by atoms with Crippen molar-refractivity contribution in [3.8, 4) is 11.5 Å². The van der Waals surface area contributed by atoms with Gasteiger partial charge in [-0.15, -0.1) is 0 Å². The van der Waals surface area contributed by atoms with Gasteiger partial charge in [0.15, 0.2) is 17.2 Å². The zero-order valence-electron chi connectivity index (χ0n) is 19.4. The number of methoxy groups -OCH3 is 3. The predicted molar refractivity (Wildman–Crippen MR) is 129 cm³/mol. The molecular formula is C23H25N5O6S. The molecule has 3 N–H and O–H groups in total. The number of anilines is 3. The van der Waals surface area contributed by atoms with E-state index < -0.39 is 10.0 Å². The number of sulfonamides is 1. The van der Waals surface area contributed by atoms with Gasteiger partial charge in [-0.3, -0.25) is 9.82 Å². The van der Waals surface area contributed by atoms with Crippen molar-refractivity contribution in [2.75, 3.05) is 31.4 Å². The highest BCUT2D eigenvalue weighted by molar-refractivity contribution is 7.92. The van der Waals surface area contributed by atoms with Crippen molar-refractivity contribution in [3.05, 3.63) is 47.7 Å². The zero-order valence-corrected chi connectivity index (χ0v) is 20.2. The molecule has 0 bridgehead atoms. The molecule has 1 aliphatic carbocycles. The van der Waals surface area contributed by atoms with E-state index in [1.54, 1.807) is 31.4 Å². The number of nitrogens with zero attached hydrogens (tertiary/aromatic N) is 2. The monoisotopic (exact) mass is 499 g/mol. The first-order chi connectivity index (χ1) is 16.9. The molecule has 11 nitrogen and oxygen atoms in total. The molecule has 4 aromatic rings. The lowest BCUT2D eigenvalue weighted by atomic mass is 10.2. The second-order valence-corrected chi connectivity index (χ2v) is 9.86. The van der Waals surface area contributed by atoms with Gasteiger partial charge in [-0.2, -0.15) is 5.10 Å². The Balaban J connectivity index is 1.44. The van der Waals surface area contributed by atoms with Crippen molar-refractivity contribution < 1.29 is 27.2 Å². The van der Waals surface area contributed by atoms with E-state index in [-0.39, 0.29) is 16.5 Å². The quantitative estimate of drug-likeness (QED) is 0.294. The van der Waals surface area contributed by atoms with Crippen molar-refractivity contribution in [2.24, 2.45) is 0 Å². The van der Waals surface area contributed by atoms with Crippen LogP contribution in [0.25, 0.3) is 11.0 Å². The van der Waals surface area contributed by atoms with Crippen LogP contribution < -0.4 is 19.5 Å². The number of rotatable bonds is 10. The van der Waals surface area contributed by atoms with Crippen molar-refractivity contribution in [2.45, 2.75) is 30.3 Å². The van der Waals surface area contributed by atoms with Crippen molar-refractivity contribution in [1.29, 1.82) is 0 Å². The Morgan fingerprint density at radius 3 is 2.60 bits per heavy atom. The van der Waals surface area contributed by atoms with Crippen LogP contribution in [0.2, 0.25) is 0 Å². The molecule has 1 saturated carbocycles. The SMILES string of the molecule is COCc1ccc(S(=O)(=O)Nc2noc3cc(Nc4cc(C5CC5)[nH]n4)c(OC)cc23)c(OC)c1. The summed E-state index contributed by atoms with van der Waals surface area (Å²) in [5, 5.41) is 14.9. The molecule has 184 valence electrons. The predicted octanol–water partition coefficient (Wildman–Crippen LogP) is 4.14. The van der Waals surface area contributed by atoms with E-state index in [2.05, 4.69) is 25.4 Å². The lowest BCUT2D eigenvalue weighted by Gasteiger charge is -2.12. The molecule has 0 amide bonds. The first-order valence-electron chi connectivity index (χ1n) is 10.9. The molecule has 2 heterocycles. The molecule has 0 radical (unpaired) electrons. The topological polar surface area (TPSA) is 141 Å². The third kappa shape index (κ3) is 4.62. The second kappa shape index (κ2) is 9.12. The van der Waals surface area contributed by atoms with E-state index in [9.17, 15) is 8.42 Å². The molecule has 2 aromatic carbocycles. The summed E-state index contributed by atoms with van der Waals surface area (Å²) in [6.45, 7) is 0.328. The number of aromatic amines is 1. The van der Waals surface area contributed by atoms with Gasteiger partial charge in [0.05, 0.1) is 31.9 Å². The van der Waals surface area contributed by atoms with Crippen LogP contribution in [0.4, 0.5) is 17.3 Å². The van der Waals surface area contributed by atoms with Crippen molar-refractivity contribution in [1.82, 2.24) is 15.4 Å². The van der Waals surface area contributed by atoms with Gasteiger partial charge in [0.2, 0.25) is 0 Å². The van der Waals surface area contributed by atoms with Gasteiger partial charge in [-0.1, -0.05) is 11.2 Å². The molecule has 5 rings (SSSR count). The molecule has 35 heavy (non-hydrogen) atoms. The summed E-state index contributed by atoms with van der Waals surface area (Å²) < 4.78 is 50.2. The Hall–Kier alpha value is -3.77. The number of hydrogen-bond acceptors (Lipinski definition) is 9. The van der Waals surface area contributed by atoms with Crippen LogP contribution in [0.1, 0.15) is 30.0 Å². The molecule has 0 saturated heterocycles. The molecule has 12 heteroatoms. The number of aromatic nitrogens is 3. The Kier molecular flexibility index (Phi) is 5.99. The minimum absolute atomic E-state index is 0.0312. The van der Waals surface area contributed by atoms with E-state index in [4.69, 9.17) is 18.7 Å². The summed E-state index contributed by atoms with van der Waals surface area (Å²) in [6.07, 6.45) is 2.33. The summed E-state index contributed by atoms with van der Waals surface area (Å²) >= 11 is 0. The molecular weight excluding hydrogens is 474 g/mol. The fourth-order valence-corrected chi connectivity index (χ4v) is 4.99. The zero-order chi connectivity index (χ0) is 24.6. The van der Waals surface area contributed by atoms with Crippen LogP contribution in [0.5, 0.6) is 11.5 Å². The van der Waals surface area contributed by atoms with Gasteiger partial charge in [0.25, 0.3) is 10.0 Å². The van der Waals surface area contributed by atoms with Crippen molar-refractivity contribution >= 4 is 38.3 Å². The number of fused-ring (bicyclic) bond motifs is 1. The molecule has 2 aromatic heterocycles. The Labute approximate surface area is 201 Å². The fourth-order valence-electron chi connectivity index (χ4n) is 3.82. The summed E-state index contributed by atoms with van der Waals surface area (Å²) in [5.41, 5.74) is 2.84. The highest BCUT2D eigenvalue weighted by Gasteiger charge is 2.26. The lowest BCUT2D eigenvalue weighted by molar-refractivity contribution is 0.184. The average molecular weight is 500 g/mol. The standard InChI is InChI=1S/C23H25N5O6S/c1-31-12-13-4-7-21(20(8-13)33-3)35(29,30)28-23-15-9-19(32-2)17(10-18(15)34-27-23)24-22-11-16(25-26-22)14-5-6-14/h4,7-11,14H,5-6,12H2,1-3H3,(H,27,28)(H2,24,25,26). The molecule has 1 fully saturated rings. The van der Waals surface area contributed by atoms with Crippen LogP contribution in [0.3, 0.4) is 0 Å². The normalized spacial score (nSPS) is 13.7. The van der Waals surface area contributed by atoms with Crippen molar-refractivity contribution in [3.63, 3.8) is 0 Å². The third-order valence-electron chi connectivity index (χ3n) is 5.73. The van der Waals surface area contributed by atoms with Gasteiger partial charge < -0.3 is 24.1 Å². The van der Waals surface area contributed by atoms with Crippen LogP contribution in [0.15, 0.2) is 45.8 Å². The Morgan fingerprint density at radius 1 is 1.09 bits per heavy atom. The van der Waals surface area contributed by atoms with E-state index in [1.165, 1.54) is 20.3 Å². The van der Waals surface area contributed by atoms with E-state index >= 15 is 0 Å². The molecule has 0 unspecified atom stereocenters. The summed E-state index contributed by atoms with van der Waals surface area (Å²) in [7, 11) is 0.453. The highest BCUT2D eigenvalue weighted by atomic mass is 32.2. The number of hydrogen-bond donors (Lipinski definition) is 3. The van der Waals surface area contributed by atoms with Gasteiger partial charge in [-0.05, 0) is 36.6 Å². The second-order valence-electron chi connectivity index (χ2n) is 8.21. The lowest BCUT2D eigenvalue weighted by Crippen LogP contribution is -2.14. The van der Waals surface area contributed by atoms with Gasteiger partial charge >= 0.3 is 0 Å². The number of benzene rings is 2. The fraction of sp³-hybridized carbons (Fsp3) is 0.304. The van der Waals surface area contributed by atoms with Crippen LogP contribution in [-0.4, -0.2) is 45.1 Å².